The lowest BCUT2D eigenvalue weighted by Gasteiger charge is -2.25. The van der Waals surface area contributed by atoms with Gasteiger partial charge in [-0.15, -0.1) is 0 Å². The van der Waals surface area contributed by atoms with Crippen molar-refractivity contribution in [2.45, 2.75) is 46.6 Å². The van der Waals surface area contributed by atoms with Gasteiger partial charge in [-0.2, -0.15) is 0 Å². The molecule has 1 unspecified atom stereocenters. The van der Waals surface area contributed by atoms with Crippen LogP contribution in [-0.4, -0.2) is 16.2 Å². The van der Waals surface area contributed by atoms with E-state index < -0.39 is 0 Å². The van der Waals surface area contributed by atoms with Gasteiger partial charge in [0.1, 0.15) is 0 Å². The second kappa shape index (κ2) is 4.75. The summed E-state index contributed by atoms with van der Waals surface area (Å²) in [6, 6.07) is 4.09. The number of hydrogen-bond acceptors (Lipinski definition) is 2. The summed E-state index contributed by atoms with van der Waals surface area (Å²) >= 11 is 0. The van der Waals surface area contributed by atoms with Crippen LogP contribution in [-0.2, 0) is 12.8 Å². The molecule has 1 atom stereocenters. The van der Waals surface area contributed by atoms with Crippen LogP contribution in [0.1, 0.15) is 39.0 Å². The van der Waals surface area contributed by atoms with Crippen molar-refractivity contribution in [3.8, 4) is 0 Å². The van der Waals surface area contributed by atoms with Gasteiger partial charge in [0.2, 0.25) is 0 Å². The third-order valence-corrected chi connectivity index (χ3v) is 2.70. The zero-order valence-electron chi connectivity index (χ0n) is 10.1. The van der Waals surface area contributed by atoms with Gasteiger partial charge < -0.3 is 5.11 Å². The minimum absolute atomic E-state index is 0.0783. The summed E-state index contributed by atoms with van der Waals surface area (Å²) in [6.45, 7) is 8.23. The predicted octanol–water partition coefficient (Wildman–Crippen LogP) is 2.59. The quantitative estimate of drug-likeness (QED) is 0.826. The summed E-state index contributed by atoms with van der Waals surface area (Å²) in [5, 5.41) is 9.93. The molecule has 0 aliphatic heterocycles. The highest BCUT2D eigenvalue weighted by Crippen LogP contribution is 2.21. The summed E-state index contributed by atoms with van der Waals surface area (Å²) in [6.07, 6.45) is 3.20. The Morgan fingerprint density at radius 1 is 1.33 bits per heavy atom. The summed E-state index contributed by atoms with van der Waals surface area (Å²) < 4.78 is 0. The van der Waals surface area contributed by atoms with E-state index >= 15 is 0 Å². The molecule has 1 rings (SSSR count). The highest BCUT2D eigenvalue weighted by atomic mass is 16.3. The second-order valence-electron chi connectivity index (χ2n) is 5.10. The lowest BCUT2D eigenvalue weighted by Crippen LogP contribution is -2.28. The molecule has 0 spiro atoms. The van der Waals surface area contributed by atoms with E-state index in [0.29, 0.717) is 6.42 Å². The Balaban J connectivity index is 2.65. The van der Waals surface area contributed by atoms with Crippen LogP contribution in [0.5, 0.6) is 0 Å². The average molecular weight is 207 g/mol. The Kier molecular flexibility index (Phi) is 3.86. The molecule has 15 heavy (non-hydrogen) atoms. The van der Waals surface area contributed by atoms with E-state index in [1.807, 2.05) is 33.0 Å². The fraction of sp³-hybridized carbons (Fsp3) is 0.615. The largest absolute Gasteiger partial charge is 0.392 e. The van der Waals surface area contributed by atoms with E-state index in [0.717, 1.165) is 12.1 Å². The second-order valence-corrected chi connectivity index (χ2v) is 5.10. The molecule has 0 saturated carbocycles. The van der Waals surface area contributed by atoms with Crippen molar-refractivity contribution in [2.24, 2.45) is 5.41 Å². The van der Waals surface area contributed by atoms with Crippen LogP contribution in [0.3, 0.4) is 0 Å². The fourth-order valence-corrected chi connectivity index (χ4v) is 1.29. The lowest BCUT2D eigenvalue weighted by molar-refractivity contribution is 0.0628. The molecule has 0 aliphatic rings. The smallest absolute Gasteiger partial charge is 0.0643 e. The number of aliphatic hydroxyl groups is 1. The Hall–Kier alpha value is -0.890. The van der Waals surface area contributed by atoms with Crippen LogP contribution in [0, 0.1) is 5.41 Å². The number of hydrogen-bond donors (Lipinski definition) is 1. The molecule has 0 amide bonds. The van der Waals surface area contributed by atoms with Gasteiger partial charge in [-0.25, -0.2) is 0 Å². The molecule has 1 heterocycles. The van der Waals surface area contributed by atoms with Crippen LogP contribution in [0.25, 0.3) is 0 Å². The monoisotopic (exact) mass is 207 g/mol. The number of aliphatic hydroxyl groups excluding tert-OH is 1. The van der Waals surface area contributed by atoms with Crippen molar-refractivity contribution in [3.63, 3.8) is 0 Å². The minimum atomic E-state index is -0.336. The molecular formula is C13H21NO. The van der Waals surface area contributed by atoms with Crippen molar-refractivity contribution in [2.75, 3.05) is 0 Å². The number of aryl methyl sites for hydroxylation is 1. The van der Waals surface area contributed by atoms with Crippen LogP contribution in [0.15, 0.2) is 18.3 Å². The third-order valence-electron chi connectivity index (χ3n) is 2.70. The fourth-order valence-electron chi connectivity index (χ4n) is 1.29. The van der Waals surface area contributed by atoms with Gasteiger partial charge in [-0.05, 0) is 23.5 Å². The van der Waals surface area contributed by atoms with Crippen molar-refractivity contribution >= 4 is 0 Å². The SMILES string of the molecule is CCc1ccc(CC(O)C(C)(C)C)nc1. The molecule has 0 radical (unpaired) electrons. The van der Waals surface area contributed by atoms with E-state index in [2.05, 4.69) is 18.0 Å². The molecule has 2 nitrogen and oxygen atoms in total. The first-order chi connectivity index (χ1) is 6.93. The van der Waals surface area contributed by atoms with Crippen LogP contribution >= 0.6 is 0 Å². The number of rotatable bonds is 3. The molecule has 0 fully saturated rings. The molecule has 0 aromatic carbocycles. The van der Waals surface area contributed by atoms with Gasteiger partial charge in [0.25, 0.3) is 0 Å². The first-order valence-electron chi connectivity index (χ1n) is 5.55. The lowest BCUT2D eigenvalue weighted by atomic mass is 9.86. The van der Waals surface area contributed by atoms with Crippen molar-refractivity contribution in [1.29, 1.82) is 0 Å². The molecule has 0 saturated heterocycles. The van der Waals surface area contributed by atoms with Gasteiger partial charge in [-0.1, -0.05) is 33.8 Å². The number of pyridine rings is 1. The molecule has 0 bridgehead atoms. The molecular weight excluding hydrogens is 186 g/mol. The zero-order valence-corrected chi connectivity index (χ0v) is 10.1. The van der Waals surface area contributed by atoms with E-state index in [1.165, 1.54) is 5.56 Å². The maximum absolute atomic E-state index is 9.93. The highest BCUT2D eigenvalue weighted by molar-refractivity contribution is 5.14. The summed E-state index contributed by atoms with van der Waals surface area (Å²) in [5.74, 6) is 0. The highest BCUT2D eigenvalue weighted by Gasteiger charge is 2.22. The van der Waals surface area contributed by atoms with Crippen LogP contribution in [0.4, 0.5) is 0 Å². The first kappa shape index (κ1) is 12.2. The topological polar surface area (TPSA) is 33.1 Å². The molecule has 1 N–H and O–H groups in total. The van der Waals surface area contributed by atoms with Gasteiger partial charge in [0.15, 0.2) is 0 Å². The van der Waals surface area contributed by atoms with Gasteiger partial charge >= 0.3 is 0 Å². The summed E-state index contributed by atoms with van der Waals surface area (Å²) in [5.41, 5.74) is 2.13. The minimum Gasteiger partial charge on any atom is -0.392 e. The molecule has 1 aromatic rings. The third kappa shape index (κ3) is 3.63. The number of aromatic nitrogens is 1. The van der Waals surface area contributed by atoms with Gasteiger partial charge in [0, 0.05) is 18.3 Å². The first-order valence-corrected chi connectivity index (χ1v) is 5.55. The molecule has 84 valence electrons. The standard InChI is InChI=1S/C13H21NO/c1-5-10-6-7-11(14-9-10)8-12(15)13(2,3)4/h6-7,9,12,15H,5,8H2,1-4H3. The predicted molar refractivity (Wildman–Crippen MR) is 62.8 cm³/mol. The maximum Gasteiger partial charge on any atom is 0.0643 e. The van der Waals surface area contributed by atoms with Crippen molar-refractivity contribution in [1.82, 2.24) is 4.98 Å². The molecule has 0 aliphatic carbocycles. The molecule has 2 heteroatoms. The van der Waals surface area contributed by atoms with Crippen molar-refractivity contribution in [3.05, 3.63) is 29.6 Å². The Labute approximate surface area is 92.4 Å². The molecule has 1 aromatic heterocycles. The van der Waals surface area contributed by atoms with E-state index in [-0.39, 0.29) is 11.5 Å². The summed E-state index contributed by atoms with van der Waals surface area (Å²) in [4.78, 5) is 4.34. The maximum atomic E-state index is 9.93. The Morgan fingerprint density at radius 2 is 2.00 bits per heavy atom. The summed E-state index contributed by atoms with van der Waals surface area (Å²) in [7, 11) is 0. The van der Waals surface area contributed by atoms with E-state index in [9.17, 15) is 5.11 Å². The van der Waals surface area contributed by atoms with Gasteiger partial charge in [0.05, 0.1) is 6.10 Å². The zero-order chi connectivity index (χ0) is 11.5. The Morgan fingerprint density at radius 3 is 2.40 bits per heavy atom. The van der Waals surface area contributed by atoms with Crippen molar-refractivity contribution < 1.29 is 5.11 Å². The van der Waals surface area contributed by atoms with E-state index in [1.54, 1.807) is 0 Å². The average Bonchev–Trinajstić information content (AvgIpc) is 2.17. The van der Waals surface area contributed by atoms with Crippen LogP contribution < -0.4 is 0 Å². The van der Waals surface area contributed by atoms with Crippen LogP contribution in [0.2, 0.25) is 0 Å². The van der Waals surface area contributed by atoms with E-state index in [4.69, 9.17) is 0 Å². The Bertz CT molecular complexity index is 297. The van der Waals surface area contributed by atoms with Gasteiger partial charge in [-0.3, -0.25) is 4.98 Å². The number of nitrogens with zero attached hydrogens (tertiary/aromatic N) is 1. The normalized spacial score (nSPS) is 13.9.